The van der Waals surface area contributed by atoms with Crippen molar-refractivity contribution in [3.05, 3.63) is 53.3 Å². The van der Waals surface area contributed by atoms with Gasteiger partial charge in [0.25, 0.3) is 0 Å². The van der Waals surface area contributed by atoms with Crippen LogP contribution in [0.2, 0.25) is 0 Å². The third-order valence-corrected chi connectivity index (χ3v) is 5.89. The van der Waals surface area contributed by atoms with E-state index in [1.807, 2.05) is 24.3 Å². The summed E-state index contributed by atoms with van der Waals surface area (Å²) >= 11 is 0. The van der Waals surface area contributed by atoms with Crippen molar-refractivity contribution in [2.24, 2.45) is 7.05 Å². The summed E-state index contributed by atoms with van der Waals surface area (Å²) in [4.78, 5) is 16.9. The number of fused-ring (bicyclic) bond motifs is 1. The Morgan fingerprint density at radius 1 is 1.19 bits per heavy atom. The van der Waals surface area contributed by atoms with Crippen molar-refractivity contribution >= 4 is 6.03 Å². The first kappa shape index (κ1) is 18.0. The summed E-state index contributed by atoms with van der Waals surface area (Å²) < 4.78 is 1.79. The Morgan fingerprint density at radius 3 is 2.70 bits per heavy atom. The van der Waals surface area contributed by atoms with Crippen molar-refractivity contribution in [2.45, 2.75) is 31.7 Å². The highest BCUT2D eigenvalue weighted by atomic mass is 16.2. The van der Waals surface area contributed by atoms with Crippen LogP contribution in [0.4, 0.5) is 4.79 Å². The highest BCUT2D eigenvalue weighted by Crippen LogP contribution is 2.25. The molecule has 2 amide bonds. The Kier molecular flexibility index (Phi) is 5.43. The van der Waals surface area contributed by atoms with Crippen LogP contribution < -0.4 is 5.32 Å². The van der Waals surface area contributed by atoms with Crippen molar-refractivity contribution in [1.29, 1.82) is 0 Å². The molecule has 1 atom stereocenters. The molecule has 1 aliphatic carbocycles. The Balaban J connectivity index is 1.21. The molecule has 6 nitrogen and oxygen atoms in total. The Hall–Kier alpha value is -2.34. The lowest BCUT2D eigenvalue weighted by Gasteiger charge is -2.41. The minimum Gasteiger partial charge on any atom is -0.338 e. The molecule has 1 fully saturated rings. The molecule has 1 saturated heterocycles. The average Bonchev–Trinajstić information content (AvgIpc) is 3.12. The van der Waals surface area contributed by atoms with Gasteiger partial charge in [-0.3, -0.25) is 9.58 Å². The summed E-state index contributed by atoms with van der Waals surface area (Å²) in [5.41, 5.74) is 4.17. The van der Waals surface area contributed by atoms with Crippen molar-refractivity contribution in [1.82, 2.24) is 24.9 Å². The maximum atomic E-state index is 12.4. The third kappa shape index (κ3) is 4.33. The summed E-state index contributed by atoms with van der Waals surface area (Å²) in [5, 5.41) is 7.21. The fourth-order valence-electron chi connectivity index (χ4n) is 4.31. The highest BCUT2D eigenvalue weighted by Gasteiger charge is 2.28. The van der Waals surface area contributed by atoms with Gasteiger partial charge >= 0.3 is 6.03 Å². The van der Waals surface area contributed by atoms with Gasteiger partial charge in [-0.25, -0.2) is 4.79 Å². The topological polar surface area (TPSA) is 53.4 Å². The maximum absolute atomic E-state index is 12.4. The molecule has 2 heterocycles. The standard InChI is InChI=1S/C21H29N5O/c1-24-16-17(15-23-24)8-9-22-21(27)26-12-10-25(11-13-26)20-7-6-18-4-2-3-5-19(18)14-20/h2-5,15-16,20H,6-14H2,1H3,(H,22,27). The first-order valence-electron chi connectivity index (χ1n) is 10.00. The van der Waals surface area contributed by atoms with Crippen molar-refractivity contribution < 1.29 is 4.79 Å². The zero-order valence-corrected chi connectivity index (χ0v) is 16.1. The predicted octanol–water partition coefficient (Wildman–Crippen LogP) is 1.85. The van der Waals surface area contributed by atoms with Crippen molar-refractivity contribution in [2.75, 3.05) is 32.7 Å². The van der Waals surface area contributed by atoms with Crippen LogP contribution in [0.1, 0.15) is 23.1 Å². The zero-order chi connectivity index (χ0) is 18.6. The van der Waals surface area contributed by atoms with Crippen LogP contribution in [-0.4, -0.2) is 64.4 Å². The van der Waals surface area contributed by atoms with Crippen LogP contribution in [-0.2, 0) is 26.3 Å². The molecule has 1 N–H and O–H groups in total. The second kappa shape index (κ2) is 8.13. The number of piperazine rings is 1. The third-order valence-electron chi connectivity index (χ3n) is 5.89. The number of nitrogens with zero attached hydrogens (tertiary/aromatic N) is 4. The highest BCUT2D eigenvalue weighted by molar-refractivity contribution is 5.74. The van der Waals surface area contributed by atoms with Gasteiger partial charge in [-0.15, -0.1) is 0 Å². The van der Waals surface area contributed by atoms with Crippen molar-refractivity contribution in [3.8, 4) is 0 Å². The molecular formula is C21H29N5O. The summed E-state index contributed by atoms with van der Waals surface area (Å²) in [7, 11) is 1.91. The van der Waals surface area contributed by atoms with E-state index < -0.39 is 0 Å². The van der Waals surface area contributed by atoms with Crippen LogP contribution >= 0.6 is 0 Å². The quantitative estimate of drug-likeness (QED) is 0.897. The number of urea groups is 1. The molecule has 0 spiro atoms. The van der Waals surface area contributed by atoms with E-state index in [2.05, 4.69) is 39.6 Å². The lowest BCUT2D eigenvalue weighted by Crippen LogP contribution is -2.55. The number of nitrogens with one attached hydrogen (secondary N) is 1. The first-order chi connectivity index (χ1) is 13.2. The minimum absolute atomic E-state index is 0.0625. The molecule has 1 aromatic carbocycles. The molecule has 0 radical (unpaired) electrons. The van der Waals surface area contributed by atoms with E-state index in [0.717, 1.165) is 44.6 Å². The minimum atomic E-state index is 0.0625. The molecule has 1 aromatic heterocycles. The number of aromatic nitrogens is 2. The molecule has 1 aliphatic heterocycles. The smallest absolute Gasteiger partial charge is 0.317 e. The second-order valence-electron chi connectivity index (χ2n) is 7.69. The number of hydrogen-bond donors (Lipinski definition) is 1. The number of rotatable bonds is 4. The molecule has 2 aromatic rings. The van der Waals surface area contributed by atoms with E-state index >= 15 is 0 Å². The van der Waals surface area contributed by atoms with Gasteiger partial charge in [-0.1, -0.05) is 24.3 Å². The normalized spacial score (nSPS) is 20.3. The van der Waals surface area contributed by atoms with Gasteiger partial charge in [0.2, 0.25) is 0 Å². The van der Waals surface area contributed by atoms with E-state index in [1.54, 1.807) is 4.68 Å². The summed E-state index contributed by atoms with van der Waals surface area (Å²) in [6, 6.07) is 9.51. The maximum Gasteiger partial charge on any atom is 0.317 e. The molecule has 144 valence electrons. The van der Waals surface area contributed by atoms with E-state index in [1.165, 1.54) is 24.0 Å². The summed E-state index contributed by atoms with van der Waals surface area (Å²) in [6.07, 6.45) is 8.22. The number of carbonyl (C=O) groups is 1. The molecule has 2 aliphatic rings. The molecule has 6 heteroatoms. The molecule has 0 saturated carbocycles. The van der Waals surface area contributed by atoms with Crippen LogP contribution in [0.3, 0.4) is 0 Å². The van der Waals surface area contributed by atoms with Crippen LogP contribution in [0, 0.1) is 0 Å². The first-order valence-corrected chi connectivity index (χ1v) is 10.00. The van der Waals surface area contributed by atoms with Gasteiger partial charge in [-0.05, 0) is 42.4 Å². The number of amides is 2. The fourth-order valence-corrected chi connectivity index (χ4v) is 4.31. The summed E-state index contributed by atoms with van der Waals surface area (Å²) in [5.74, 6) is 0. The van der Waals surface area contributed by atoms with Crippen LogP contribution in [0.25, 0.3) is 0 Å². The lowest BCUT2D eigenvalue weighted by molar-refractivity contribution is 0.101. The van der Waals surface area contributed by atoms with Crippen LogP contribution in [0.5, 0.6) is 0 Å². The fraction of sp³-hybridized carbons (Fsp3) is 0.524. The number of hydrogen-bond acceptors (Lipinski definition) is 3. The van der Waals surface area contributed by atoms with E-state index in [4.69, 9.17) is 0 Å². The largest absolute Gasteiger partial charge is 0.338 e. The van der Waals surface area contributed by atoms with Gasteiger partial charge in [0.1, 0.15) is 0 Å². The Labute approximate surface area is 161 Å². The van der Waals surface area contributed by atoms with Gasteiger partial charge in [0.15, 0.2) is 0 Å². The number of benzene rings is 1. The van der Waals surface area contributed by atoms with E-state index in [9.17, 15) is 4.79 Å². The molecule has 27 heavy (non-hydrogen) atoms. The van der Waals surface area contributed by atoms with E-state index in [0.29, 0.717) is 12.6 Å². The molecule has 4 rings (SSSR count). The Morgan fingerprint density at radius 2 is 1.96 bits per heavy atom. The van der Waals surface area contributed by atoms with Gasteiger partial charge in [0.05, 0.1) is 6.20 Å². The van der Waals surface area contributed by atoms with Gasteiger partial charge in [-0.2, -0.15) is 5.10 Å². The van der Waals surface area contributed by atoms with Crippen molar-refractivity contribution in [3.63, 3.8) is 0 Å². The average molecular weight is 367 g/mol. The molecular weight excluding hydrogens is 338 g/mol. The Bertz CT molecular complexity index is 778. The number of carbonyl (C=O) groups excluding carboxylic acids is 1. The second-order valence-corrected chi connectivity index (χ2v) is 7.69. The molecule has 0 bridgehead atoms. The van der Waals surface area contributed by atoms with Gasteiger partial charge < -0.3 is 10.2 Å². The predicted molar refractivity (Wildman–Crippen MR) is 106 cm³/mol. The zero-order valence-electron chi connectivity index (χ0n) is 16.1. The lowest BCUT2D eigenvalue weighted by atomic mass is 9.87. The summed E-state index contributed by atoms with van der Waals surface area (Å²) in [6.45, 7) is 4.24. The monoisotopic (exact) mass is 367 g/mol. The number of aryl methyl sites for hydroxylation is 2. The molecule has 1 unspecified atom stereocenters. The SMILES string of the molecule is Cn1cc(CCNC(=O)N2CCN(C3CCc4ccccc4C3)CC2)cn1. The van der Waals surface area contributed by atoms with Crippen LogP contribution in [0.15, 0.2) is 36.7 Å². The van der Waals surface area contributed by atoms with Gasteiger partial charge in [0, 0.05) is 52.0 Å². The van der Waals surface area contributed by atoms with E-state index in [-0.39, 0.29) is 6.03 Å².